The Kier molecular flexibility index (Phi) is 2.67. The summed E-state index contributed by atoms with van der Waals surface area (Å²) in [7, 11) is 2.09. The zero-order chi connectivity index (χ0) is 12.7. The van der Waals surface area contributed by atoms with Gasteiger partial charge in [0, 0.05) is 24.2 Å². The quantitative estimate of drug-likeness (QED) is 0.902. The number of aromatic nitrogens is 1. The van der Waals surface area contributed by atoms with Gasteiger partial charge in [-0.05, 0) is 37.9 Å². The molecule has 0 atom stereocenters. The van der Waals surface area contributed by atoms with Crippen molar-refractivity contribution in [2.45, 2.75) is 19.8 Å². The van der Waals surface area contributed by atoms with Crippen molar-refractivity contribution in [2.24, 2.45) is 12.8 Å². The topological polar surface area (TPSA) is 49.4 Å². The van der Waals surface area contributed by atoms with Crippen LogP contribution in [-0.4, -0.2) is 17.9 Å². The van der Waals surface area contributed by atoms with Gasteiger partial charge in [-0.1, -0.05) is 0 Å². The van der Waals surface area contributed by atoms with Gasteiger partial charge in [0.15, 0.2) is 11.5 Å². The molecule has 18 heavy (non-hydrogen) atoms. The van der Waals surface area contributed by atoms with Gasteiger partial charge in [-0.25, -0.2) is 0 Å². The van der Waals surface area contributed by atoms with Crippen molar-refractivity contribution in [3.05, 3.63) is 23.4 Å². The number of ether oxygens (including phenoxy) is 2. The molecule has 1 aliphatic heterocycles. The highest BCUT2D eigenvalue weighted by Gasteiger charge is 2.19. The first kappa shape index (κ1) is 11.4. The molecule has 2 aromatic rings. The van der Waals surface area contributed by atoms with Crippen LogP contribution in [0, 0.1) is 6.92 Å². The number of hydrogen-bond acceptors (Lipinski definition) is 3. The summed E-state index contributed by atoms with van der Waals surface area (Å²) in [5.41, 5.74) is 9.48. The van der Waals surface area contributed by atoms with Crippen LogP contribution in [0.4, 0.5) is 0 Å². The molecule has 0 saturated heterocycles. The second kappa shape index (κ2) is 4.21. The van der Waals surface area contributed by atoms with Crippen LogP contribution in [0.5, 0.6) is 11.5 Å². The summed E-state index contributed by atoms with van der Waals surface area (Å²) in [6, 6.07) is 4.16. The maximum Gasteiger partial charge on any atom is 0.231 e. The van der Waals surface area contributed by atoms with E-state index in [1.807, 2.05) is 0 Å². The number of nitrogens with zero attached hydrogens (tertiary/aromatic N) is 1. The average molecular weight is 246 g/mol. The Hall–Kier alpha value is -1.68. The Morgan fingerprint density at radius 1 is 1.28 bits per heavy atom. The Balaban J connectivity index is 2.19. The van der Waals surface area contributed by atoms with Crippen LogP contribution in [0.25, 0.3) is 10.9 Å². The van der Waals surface area contributed by atoms with E-state index in [1.54, 1.807) is 0 Å². The third-order valence-corrected chi connectivity index (χ3v) is 3.75. The van der Waals surface area contributed by atoms with Crippen molar-refractivity contribution in [2.75, 3.05) is 13.3 Å². The van der Waals surface area contributed by atoms with E-state index in [2.05, 4.69) is 30.7 Å². The molecule has 0 amide bonds. The smallest absolute Gasteiger partial charge is 0.231 e. The van der Waals surface area contributed by atoms with Crippen LogP contribution in [0.2, 0.25) is 0 Å². The summed E-state index contributed by atoms with van der Waals surface area (Å²) in [5.74, 6) is 1.69. The maximum atomic E-state index is 5.62. The summed E-state index contributed by atoms with van der Waals surface area (Å²) < 4.78 is 13.1. The van der Waals surface area contributed by atoms with Gasteiger partial charge in [0.25, 0.3) is 0 Å². The lowest BCUT2D eigenvalue weighted by Gasteiger charge is -2.01. The summed E-state index contributed by atoms with van der Waals surface area (Å²) >= 11 is 0. The molecular weight excluding hydrogens is 228 g/mol. The molecule has 96 valence electrons. The van der Waals surface area contributed by atoms with Gasteiger partial charge < -0.3 is 19.8 Å². The highest BCUT2D eigenvalue weighted by molar-refractivity contribution is 5.89. The molecule has 0 aliphatic carbocycles. The summed E-state index contributed by atoms with van der Waals surface area (Å²) in [4.78, 5) is 0. The molecule has 2 heterocycles. The molecule has 1 aliphatic rings. The summed E-state index contributed by atoms with van der Waals surface area (Å²) in [6.07, 6.45) is 2.02. The zero-order valence-corrected chi connectivity index (χ0v) is 10.8. The standard InChI is InChI=1S/C14H18N2O2/c1-9-10(4-3-5-15)11-6-13-14(18-8-17-13)7-12(11)16(9)2/h6-7H,3-5,8,15H2,1-2H3. The van der Waals surface area contributed by atoms with E-state index in [1.165, 1.54) is 22.2 Å². The van der Waals surface area contributed by atoms with Crippen LogP contribution in [0.1, 0.15) is 17.7 Å². The van der Waals surface area contributed by atoms with Gasteiger partial charge in [0.05, 0.1) is 5.52 Å². The predicted molar refractivity (Wildman–Crippen MR) is 71.2 cm³/mol. The third-order valence-electron chi connectivity index (χ3n) is 3.75. The van der Waals surface area contributed by atoms with Crippen LogP contribution in [0.3, 0.4) is 0 Å². The molecule has 1 aromatic carbocycles. The molecule has 3 rings (SSSR count). The lowest BCUT2D eigenvalue weighted by atomic mass is 10.1. The van der Waals surface area contributed by atoms with Gasteiger partial charge in [0.1, 0.15) is 0 Å². The second-order valence-corrected chi connectivity index (χ2v) is 4.74. The van der Waals surface area contributed by atoms with Crippen LogP contribution in [-0.2, 0) is 13.5 Å². The highest BCUT2D eigenvalue weighted by Crippen LogP contribution is 2.39. The monoisotopic (exact) mass is 246 g/mol. The molecule has 0 radical (unpaired) electrons. The molecule has 0 bridgehead atoms. The second-order valence-electron chi connectivity index (χ2n) is 4.74. The normalized spacial score (nSPS) is 13.5. The van der Waals surface area contributed by atoms with E-state index >= 15 is 0 Å². The van der Waals surface area contributed by atoms with E-state index < -0.39 is 0 Å². The molecule has 0 spiro atoms. The van der Waals surface area contributed by atoms with Gasteiger partial charge in [-0.3, -0.25) is 0 Å². The van der Waals surface area contributed by atoms with Gasteiger partial charge >= 0.3 is 0 Å². The number of fused-ring (bicyclic) bond motifs is 2. The molecule has 2 N–H and O–H groups in total. The van der Waals surface area contributed by atoms with Crippen LogP contribution < -0.4 is 15.2 Å². The molecule has 1 aromatic heterocycles. The maximum absolute atomic E-state index is 5.62. The largest absolute Gasteiger partial charge is 0.454 e. The van der Waals surface area contributed by atoms with Crippen molar-refractivity contribution in [3.63, 3.8) is 0 Å². The van der Waals surface area contributed by atoms with Crippen molar-refractivity contribution >= 4 is 10.9 Å². The molecule has 4 nitrogen and oxygen atoms in total. The summed E-state index contributed by atoms with van der Waals surface area (Å²) in [5, 5.41) is 1.26. The van der Waals surface area contributed by atoms with E-state index in [0.717, 1.165) is 30.9 Å². The minimum atomic E-state index is 0.322. The highest BCUT2D eigenvalue weighted by atomic mass is 16.7. The zero-order valence-electron chi connectivity index (χ0n) is 10.8. The molecule has 0 fully saturated rings. The first-order valence-corrected chi connectivity index (χ1v) is 6.30. The Labute approximate surface area is 106 Å². The van der Waals surface area contributed by atoms with Crippen molar-refractivity contribution in [1.29, 1.82) is 0 Å². The van der Waals surface area contributed by atoms with Crippen LogP contribution >= 0.6 is 0 Å². The number of rotatable bonds is 3. The number of hydrogen-bond donors (Lipinski definition) is 1. The Morgan fingerprint density at radius 2 is 2.00 bits per heavy atom. The first-order chi connectivity index (χ1) is 8.72. The molecule has 0 unspecified atom stereocenters. The lowest BCUT2D eigenvalue weighted by molar-refractivity contribution is 0.174. The first-order valence-electron chi connectivity index (χ1n) is 6.30. The number of benzene rings is 1. The van der Waals surface area contributed by atoms with Gasteiger partial charge in [-0.15, -0.1) is 0 Å². The molecular formula is C14H18N2O2. The van der Waals surface area contributed by atoms with E-state index in [-0.39, 0.29) is 0 Å². The number of nitrogens with two attached hydrogens (primary N) is 1. The van der Waals surface area contributed by atoms with Crippen molar-refractivity contribution < 1.29 is 9.47 Å². The number of aryl methyl sites for hydroxylation is 2. The van der Waals surface area contributed by atoms with E-state index in [9.17, 15) is 0 Å². The fourth-order valence-electron chi connectivity index (χ4n) is 2.62. The van der Waals surface area contributed by atoms with Crippen molar-refractivity contribution in [1.82, 2.24) is 4.57 Å². The van der Waals surface area contributed by atoms with Crippen molar-refractivity contribution in [3.8, 4) is 11.5 Å². The third kappa shape index (κ3) is 1.56. The SMILES string of the molecule is Cc1c(CCCN)c2cc3c(cc2n1C)OCO3. The fourth-order valence-corrected chi connectivity index (χ4v) is 2.62. The van der Waals surface area contributed by atoms with Gasteiger partial charge in [-0.2, -0.15) is 0 Å². The van der Waals surface area contributed by atoms with Crippen LogP contribution in [0.15, 0.2) is 12.1 Å². The van der Waals surface area contributed by atoms with E-state index in [0.29, 0.717) is 6.79 Å². The Bertz CT molecular complexity index is 602. The fraction of sp³-hybridized carbons (Fsp3) is 0.429. The van der Waals surface area contributed by atoms with E-state index in [4.69, 9.17) is 15.2 Å². The Morgan fingerprint density at radius 3 is 2.72 bits per heavy atom. The minimum absolute atomic E-state index is 0.322. The minimum Gasteiger partial charge on any atom is -0.454 e. The predicted octanol–water partition coefficient (Wildman–Crippen LogP) is 2.11. The molecule has 4 heteroatoms. The summed E-state index contributed by atoms with van der Waals surface area (Å²) in [6.45, 7) is 3.20. The van der Waals surface area contributed by atoms with Gasteiger partial charge in [0.2, 0.25) is 6.79 Å². The molecule has 0 saturated carbocycles. The average Bonchev–Trinajstić information content (AvgIpc) is 2.91. The lowest BCUT2D eigenvalue weighted by Crippen LogP contribution is -2.01.